The molecule has 0 aliphatic rings. The fourth-order valence-corrected chi connectivity index (χ4v) is 2.21. The fraction of sp³-hybridized carbons (Fsp3) is 0.133. The second-order valence-electron chi connectivity index (χ2n) is 4.43. The molecule has 0 saturated carbocycles. The molecule has 0 bridgehead atoms. The first-order valence-corrected chi connectivity index (χ1v) is 6.56. The number of carbonyl (C=O) groups excluding carboxylic acids is 1. The molecule has 2 rings (SSSR count). The first kappa shape index (κ1) is 13.9. The average molecular weight is 294 g/mol. The van der Waals surface area contributed by atoms with Gasteiger partial charge in [-0.15, -0.1) is 0 Å². The molecular formula is C15H13Cl2NO. The SMILES string of the molecule is Cc1ccc(CC(=O)c2ccc(Cl)c(N)c2)c(Cl)c1. The third-order valence-corrected chi connectivity index (χ3v) is 3.57. The molecule has 0 amide bonds. The zero-order valence-corrected chi connectivity index (χ0v) is 11.9. The van der Waals surface area contributed by atoms with Crippen molar-refractivity contribution < 1.29 is 4.79 Å². The van der Waals surface area contributed by atoms with Gasteiger partial charge in [-0.3, -0.25) is 4.79 Å². The molecule has 0 radical (unpaired) electrons. The van der Waals surface area contributed by atoms with Crippen LogP contribution in [-0.4, -0.2) is 5.78 Å². The third-order valence-electron chi connectivity index (χ3n) is 2.88. The monoisotopic (exact) mass is 293 g/mol. The Balaban J connectivity index is 2.23. The van der Waals surface area contributed by atoms with Crippen molar-refractivity contribution in [3.63, 3.8) is 0 Å². The van der Waals surface area contributed by atoms with Gasteiger partial charge in [0.05, 0.1) is 10.7 Å². The molecule has 19 heavy (non-hydrogen) atoms. The highest BCUT2D eigenvalue weighted by Crippen LogP contribution is 2.23. The third kappa shape index (κ3) is 3.28. The minimum absolute atomic E-state index is 0.0332. The van der Waals surface area contributed by atoms with Gasteiger partial charge in [0.1, 0.15) is 0 Å². The zero-order chi connectivity index (χ0) is 14.0. The van der Waals surface area contributed by atoms with Crippen LogP contribution in [0.5, 0.6) is 0 Å². The van der Waals surface area contributed by atoms with Crippen LogP contribution >= 0.6 is 23.2 Å². The highest BCUT2D eigenvalue weighted by atomic mass is 35.5. The van der Waals surface area contributed by atoms with Gasteiger partial charge in [0, 0.05) is 17.0 Å². The Morgan fingerprint density at radius 2 is 1.84 bits per heavy atom. The lowest BCUT2D eigenvalue weighted by molar-refractivity contribution is 0.0993. The number of rotatable bonds is 3. The van der Waals surface area contributed by atoms with Crippen LogP contribution in [0, 0.1) is 6.92 Å². The Bertz CT molecular complexity index is 638. The van der Waals surface area contributed by atoms with Crippen LogP contribution in [0.3, 0.4) is 0 Å². The predicted octanol–water partition coefficient (Wildman–Crippen LogP) is 4.31. The van der Waals surface area contributed by atoms with Crippen LogP contribution in [0.4, 0.5) is 5.69 Å². The molecule has 2 N–H and O–H groups in total. The summed E-state index contributed by atoms with van der Waals surface area (Å²) in [6.45, 7) is 1.96. The number of benzene rings is 2. The number of hydrogen-bond donors (Lipinski definition) is 1. The summed E-state index contributed by atoms with van der Waals surface area (Å²) >= 11 is 12.0. The van der Waals surface area contributed by atoms with Crippen molar-refractivity contribution in [1.29, 1.82) is 0 Å². The van der Waals surface area contributed by atoms with Crippen LogP contribution in [0.25, 0.3) is 0 Å². The summed E-state index contributed by atoms with van der Waals surface area (Å²) in [7, 11) is 0. The lowest BCUT2D eigenvalue weighted by Gasteiger charge is -2.06. The smallest absolute Gasteiger partial charge is 0.167 e. The van der Waals surface area contributed by atoms with Crippen molar-refractivity contribution in [3.8, 4) is 0 Å². The molecule has 0 spiro atoms. The maximum absolute atomic E-state index is 12.2. The normalized spacial score (nSPS) is 10.5. The summed E-state index contributed by atoms with van der Waals surface area (Å²) in [5.74, 6) is -0.0332. The van der Waals surface area contributed by atoms with Crippen LogP contribution in [0.1, 0.15) is 21.5 Å². The van der Waals surface area contributed by atoms with Gasteiger partial charge >= 0.3 is 0 Å². The highest BCUT2D eigenvalue weighted by Gasteiger charge is 2.11. The number of Topliss-reactive ketones (excluding diaryl/α,β-unsaturated/α-hetero) is 1. The second-order valence-corrected chi connectivity index (χ2v) is 5.25. The number of ketones is 1. The summed E-state index contributed by atoms with van der Waals surface area (Å²) in [5, 5.41) is 1.06. The Hall–Kier alpha value is -1.51. The van der Waals surface area contributed by atoms with E-state index in [9.17, 15) is 4.79 Å². The molecule has 2 aromatic rings. The molecule has 98 valence electrons. The van der Waals surface area contributed by atoms with Crippen LogP contribution < -0.4 is 5.73 Å². The number of nitrogens with two attached hydrogens (primary N) is 1. The van der Waals surface area contributed by atoms with Gasteiger partial charge in [-0.05, 0) is 42.3 Å². The van der Waals surface area contributed by atoms with Crippen LogP contribution in [-0.2, 0) is 6.42 Å². The van der Waals surface area contributed by atoms with Crippen molar-refractivity contribution in [3.05, 3.63) is 63.1 Å². The van der Waals surface area contributed by atoms with E-state index in [2.05, 4.69) is 0 Å². The number of hydrogen-bond acceptors (Lipinski definition) is 2. The largest absolute Gasteiger partial charge is 0.398 e. The number of anilines is 1. The Kier molecular flexibility index (Phi) is 4.13. The standard InChI is InChI=1S/C15H13Cl2NO/c1-9-2-3-10(13(17)6-9)8-15(19)11-4-5-12(16)14(18)7-11/h2-7H,8,18H2,1H3. The van der Waals surface area contributed by atoms with Gasteiger partial charge in [-0.25, -0.2) is 0 Å². The number of nitrogen functional groups attached to an aromatic ring is 1. The minimum atomic E-state index is -0.0332. The molecule has 0 atom stereocenters. The van der Waals surface area contributed by atoms with Crippen LogP contribution in [0.2, 0.25) is 10.0 Å². The van der Waals surface area contributed by atoms with Gasteiger partial charge in [0.2, 0.25) is 0 Å². The molecule has 0 aliphatic heterocycles. The molecule has 0 heterocycles. The zero-order valence-electron chi connectivity index (χ0n) is 10.4. The maximum atomic E-state index is 12.2. The lowest BCUT2D eigenvalue weighted by Crippen LogP contribution is -2.05. The quantitative estimate of drug-likeness (QED) is 0.677. The first-order chi connectivity index (χ1) is 8.97. The number of halogens is 2. The second kappa shape index (κ2) is 5.64. The Morgan fingerprint density at radius 3 is 2.47 bits per heavy atom. The Labute approximate surface area is 122 Å². The summed E-state index contributed by atoms with van der Waals surface area (Å²) in [5.41, 5.74) is 8.51. The Morgan fingerprint density at radius 1 is 1.11 bits per heavy atom. The maximum Gasteiger partial charge on any atom is 0.167 e. The van der Waals surface area contributed by atoms with E-state index in [0.29, 0.717) is 21.3 Å². The number of aryl methyl sites for hydroxylation is 1. The van der Waals surface area contributed by atoms with E-state index in [-0.39, 0.29) is 12.2 Å². The molecule has 4 heteroatoms. The van der Waals surface area contributed by atoms with E-state index in [1.807, 2.05) is 25.1 Å². The van der Waals surface area contributed by atoms with E-state index in [1.165, 1.54) is 0 Å². The topological polar surface area (TPSA) is 43.1 Å². The molecule has 0 aromatic heterocycles. The minimum Gasteiger partial charge on any atom is -0.398 e. The molecule has 0 unspecified atom stereocenters. The van der Waals surface area contributed by atoms with Gasteiger partial charge < -0.3 is 5.73 Å². The van der Waals surface area contributed by atoms with E-state index in [4.69, 9.17) is 28.9 Å². The van der Waals surface area contributed by atoms with E-state index >= 15 is 0 Å². The van der Waals surface area contributed by atoms with Crippen molar-refractivity contribution in [2.75, 3.05) is 5.73 Å². The van der Waals surface area contributed by atoms with E-state index in [1.54, 1.807) is 18.2 Å². The van der Waals surface area contributed by atoms with Gasteiger partial charge in [0.25, 0.3) is 0 Å². The van der Waals surface area contributed by atoms with Crippen molar-refractivity contribution in [1.82, 2.24) is 0 Å². The van der Waals surface area contributed by atoms with Crippen molar-refractivity contribution >= 4 is 34.7 Å². The lowest BCUT2D eigenvalue weighted by atomic mass is 10.0. The average Bonchev–Trinajstić information content (AvgIpc) is 2.36. The van der Waals surface area contributed by atoms with E-state index in [0.717, 1.165) is 11.1 Å². The summed E-state index contributed by atoms with van der Waals surface area (Å²) in [4.78, 5) is 12.2. The fourth-order valence-electron chi connectivity index (χ4n) is 1.79. The van der Waals surface area contributed by atoms with Gasteiger partial charge in [-0.2, -0.15) is 0 Å². The summed E-state index contributed by atoms with van der Waals surface area (Å²) < 4.78 is 0. The highest BCUT2D eigenvalue weighted by molar-refractivity contribution is 6.33. The van der Waals surface area contributed by atoms with Crippen molar-refractivity contribution in [2.45, 2.75) is 13.3 Å². The molecule has 0 saturated heterocycles. The van der Waals surface area contributed by atoms with Gasteiger partial charge in [0.15, 0.2) is 5.78 Å². The first-order valence-electron chi connectivity index (χ1n) is 5.80. The predicted molar refractivity (Wildman–Crippen MR) is 80.1 cm³/mol. The van der Waals surface area contributed by atoms with E-state index < -0.39 is 0 Å². The summed E-state index contributed by atoms with van der Waals surface area (Å²) in [6.07, 6.45) is 0.250. The van der Waals surface area contributed by atoms with Gasteiger partial charge in [-0.1, -0.05) is 35.3 Å². The summed E-state index contributed by atoms with van der Waals surface area (Å²) in [6, 6.07) is 10.5. The van der Waals surface area contributed by atoms with Crippen molar-refractivity contribution in [2.24, 2.45) is 0 Å². The van der Waals surface area contributed by atoms with Crippen LogP contribution in [0.15, 0.2) is 36.4 Å². The molecule has 0 fully saturated rings. The molecule has 2 nitrogen and oxygen atoms in total. The molecule has 2 aromatic carbocycles. The number of carbonyl (C=O) groups is 1. The molecule has 0 aliphatic carbocycles. The molecular weight excluding hydrogens is 281 g/mol.